The van der Waals surface area contributed by atoms with Crippen LogP contribution in [0.2, 0.25) is 0 Å². The lowest BCUT2D eigenvalue weighted by atomic mass is 9.99. The highest BCUT2D eigenvalue weighted by Gasteiger charge is 2.44. The Balaban J connectivity index is 2.33. The van der Waals surface area contributed by atoms with Crippen molar-refractivity contribution in [3.63, 3.8) is 0 Å². The highest BCUT2D eigenvalue weighted by atomic mass is 16.7. The summed E-state index contributed by atoms with van der Waals surface area (Å²) in [5, 5.41) is 40.0. The average molecular weight is 781 g/mol. The van der Waals surface area contributed by atoms with Crippen molar-refractivity contribution in [2.24, 2.45) is 0 Å². The number of esters is 2. The Labute approximate surface area is 334 Å². The van der Waals surface area contributed by atoms with Gasteiger partial charge in [-0.3, -0.25) is 9.59 Å². The topological polar surface area (TPSA) is 152 Å². The molecule has 10 heteroatoms. The van der Waals surface area contributed by atoms with E-state index >= 15 is 0 Å². The van der Waals surface area contributed by atoms with Gasteiger partial charge in [-0.25, -0.2) is 0 Å². The molecule has 320 valence electrons. The standard InChI is InChI=1S/C45H80O10/c1-3-5-7-9-11-13-15-17-18-19-20-22-23-25-27-29-31-33-40(47)52-36-38(37-53-45-44(51)43(50)42(49)39(35-46)55-45)54-41(48)34-32-30-28-26-24-21-16-14-12-10-8-6-4-2/h6,8,12,14,21,24,38-39,42-46,49-51H,3-5,7,9-11,13,15-20,22-23,25-37H2,1-2H3/b8-6-,14-12-,24-21-. The zero-order valence-electron chi connectivity index (χ0n) is 34.7. The van der Waals surface area contributed by atoms with Gasteiger partial charge in [-0.15, -0.1) is 0 Å². The van der Waals surface area contributed by atoms with E-state index in [1.165, 1.54) is 89.9 Å². The van der Waals surface area contributed by atoms with Gasteiger partial charge in [0, 0.05) is 12.8 Å². The van der Waals surface area contributed by atoms with Gasteiger partial charge in [-0.05, 0) is 44.9 Å². The van der Waals surface area contributed by atoms with Crippen molar-refractivity contribution in [2.45, 2.75) is 218 Å². The van der Waals surface area contributed by atoms with Crippen molar-refractivity contribution >= 4 is 11.9 Å². The third kappa shape index (κ3) is 28.0. The number of allylic oxidation sites excluding steroid dienone is 6. The van der Waals surface area contributed by atoms with Crippen LogP contribution in [0.25, 0.3) is 0 Å². The minimum Gasteiger partial charge on any atom is -0.462 e. The molecule has 10 nitrogen and oxygen atoms in total. The van der Waals surface area contributed by atoms with Gasteiger partial charge in [-0.2, -0.15) is 0 Å². The normalized spacial score (nSPS) is 20.9. The first-order valence-electron chi connectivity index (χ1n) is 22.1. The van der Waals surface area contributed by atoms with E-state index in [0.717, 1.165) is 57.8 Å². The molecule has 1 heterocycles. The second kappa shape index (κ2) is 36.3. The van der Waals surface area contributed by atoms with Crippen LogP contribution < -0.4 is 0 Å². The van der Waals surface area contributed by atoms with Crippen molar-refractivity contribution in [3.8, 4) is 0 Å². The largest absolute Gasteiger partial charge is 0.462 e. The summed E-state index contributed by atoms with van der Waals surface area (Å²) >= 11 is 0. The molecular formula is C45H80O10. The molecule has 1 aliphatic rings. The van der Waals surface area contributed by atoms with Crippen LogP contribution in [-0.2, 0) is 28.5 Å². The number of unbranched alkanes of at least 4 members (excludes halogenated alkanes) is 19. The number of hydrogen-bond donors (Lipinski definition) is 4. The lowest BCUT2D eigenvalue weighted by Gasteiger charge is -2.39. The van der Waals surface area contributed by atoms with Gasteiger partial charge in [0.2, 0.25) is 0 Å². The van der Waals surface area contributed by atoms with E-state index in [4.69, 9.17) is 18.9 Å². The molecule has 0 aromatic heterocycles. The molecule has 6 atom stereocenters. The first-order chi connectivity index (χ1) is 26.8. The minimum absolute atomic E-state index is 0.196. The zero-order chi connectivity index (χ0) is 40.2. The van der Waals surface area contributed by atoms with E-state index in [0.29, 0.717) is 6.42 Å². The zero-order valence-corrected chi connectivity index (χ0v) is 34.7. The maximum atomic E-state index is 12.7. The smallest absolute Gasteiger partial charge is 0.306 e. The van der Waals surface area contributed by atoms with Gasteiger partial charge in [0.1, 0.15) is 31.0 Å². The third-order valence-electron chi connectivity index (χ3n) is 10.0. The SMILES string of the molecule is CC/C=C\C/C=C\C/C=C\CCCCCC(=O)OC(COC(=O)CCCCCCCCCCCCCCCCCCC)COC1OC(CO)C(O)C(O)C1O. The maximum Gasteiger partial charge on any atom is 0.306 e. The van der Waals surface area contributed by atoms with Crippen LogP contribution in [-0.4, -0.2) is 89.0 Å². The second-order valence-electron chi connectivity index (χ2n) is 15.1. The van der Waals surface area contributed by atoms with E-state index in [2.05, 4.69) is 50.3 Å². The summed E-state index contributed by atoms with van der Waals surface area (Å²) in [5.74, 6) is -0.837. The number of aliphatic hydroxyl groups is 4. The Morgan fingerprint density at radius 1 is 0.582 bits per heavy atom. The van der Waals surface area contributed by atoms with Crippen LogP contribution in [0, 0.1) is 0 Å². The van der Waals surface area contributed by atoms with Crippen molar-refractivity contribution in [3.05, 3.63) is 36.5 Å². The van der Waals surface area contributed by atoms with Crippen molar-refractivity contribution in [1.29, 1.82) is 0 Å². The van der Waals surface area contributed by atoms with Crippen LogP contribution in [0.4, 0.5) is 0 Å². The Morgan fingerprint density at radius 2 is 1.07 bits per heavy atom. The van der Waals surface area contributed by atoms with Gasteiger partial charge >= 0.3 is 11.9 Å². The first kappa shape index (κ1) is 50.9. The molecule has 4 N–H and O–H groups in total. The first-order valence-corrected chi connectivity index (χ1v) is 22.1. The molecule has 0 aromatic carbocycles. The summed E-state index contributed by atoms with van der Waals surface area (Å²) in [4.78, 5) is 25.3. The number of aliphatic hydroxyl groups excluding tert-OH is 4. The molecular weight excluding hydrogens is 700 g/mol. The van der Waals surface area contributed by atoms with Gasteiger partial charge in [0.15, 0.2) is 12.4 Å². The third-order valence-corrected chi connectivity index (χ3v) is 10.0. The van der Waals surface area contributed by atoms with E-state index in [9.17, 15) is 30.0 Å². The number of hydrogen-bond acceptors (Lipinski definition) is 10. The van der Waals surface area contributed by atoms with E-state index in [-0.39, 0.29) is 32.0 Å². The van der Waals surface area contributed by atoms with Crippen molar-refractivity contribution in [1.82, 2.24) is 0 Å². The monoisotopic (exact) mass is 781 g/mol. The molecule has 0 radical (unpaired) electrons. The Kier molecular flexibility index (Phi) is 33.6. The fourth-order valence-electron chi connectivity index (χ4n) is 6.56. The van der Waals surface area contributed by atoms with E-state index in [1.807, 2.05) is 0 Å². The number of rotatable bonds is 36. The second-order valence-corrected chi connectivity index (χ2v) is 15.1. The van der Waals surface area contributed by atoms with Gasteiger partial charge in [-0.1, -0.05) is 159 Å². The molecule has 0 saturated carbocycles. The van der Waals surface area contributed by atoms with Crippen LogP contribution in [0.5, 0.6) is 0 Å². The molecule has 6 unspecified atom stereocenters. The van der Waals surface area contributed by atoms with Gasteiger partial charge < -0.3 is 39.4 Å². The summed E-state index contributed by atoms with van der Waals surface area (Å²) in [6.07, 6.45) is 33.0. The Bertz CT molecular complexity index is 996. The highest BCUT2D eigenvalue weighted by molar-refractivity contribution is 5.70. The van der Waals surface area contributed by atoms with Crippen molar-refractivity contribution in [2.75, 3.05) is 19.8 Å². The summed E-state index contributed by atoms with van der Waals surface area (Å²) in [5.41, 5.74) is 0. The molecule has 0 amide bonds. The molecule has 0 bridgehead atoms. The van der Waals surface area contributed by atoms with Crippen LogP contribution >= 0.6 is 0 Å². The fourth-order valence-corrected chi connectivity index (χ4v) is 6.56. The predicted octanol–water partition coefficient (Wildman–Crippen LogP) is 9.11. The number of ether oxygens (including phenoxy) is 4. The van der Waals surface area contributed by atoms with Crippen LogP contribution in [0.3, 0.4) is 0 Å². The Hall–Kier alpha value is -2.08. The number of carbonyl (C=O) groups is 2. The predicted molar refractivity (Wildman–Crippen MR) is 219 cm³/mol. The van der Waals surface area contributed by atoms with Crippen LogP contribution in [0.15, 0.2) is 36.5 Å². The van der Waals surface area contributed by atoms with Gasteiger partial charge in [0.25, 0.3) is 0 Å². The van der Waals surface area contributed by atoms with Crippen molar-refractivity contribution < 1.29 is 49.0 Å². The van der Waals surface area contributed by atoms with E-state index < -0.39 is 49.4 Å². The molecule has 1 saturated heterocycles. The molecule has 0 spiro atoms. The molecule has 0 aliphatic carbocycles. The summed E-state index contributed by atoms with van der Waals surface area (Å²) in [7, 11) is 0. The molecule has 1 aliphatic heterocycles. The molecule has 0 aromatic rings. The maximum absolute atomic E-state index is 12.7. The lowest BCUT2D eigenvalue weighted by molar-refractivity contribution is -0.305. The van der Waals surface area contributed by atoms with Crippen LogP contribution in [0.1, 0.15) is 181 Å². The fraction of sp³-hybridized carbons (Fsp3) is 0.822. The molecule has 1 fully saturated rings. The summed E-state index contributed by atoms with van der Waals surface area (Å²) in [6.45, 7) is 3.28. The average Bonchev–Trinajstić information content (AvgIpc) is 3.18. The molecule has 1 rings (SSSR count). The van der Waals surface area contributed by atoms with Gasteiger partial charge in [0.05, 0.1) is 13.2 Å². The number of carbonyl (C=O) groups excluding carboxylic acids is 2. The summed E-state index contributed by atoms with van der Waals surface area (Å²) < 4.78 is 22.1. The Morgan fingerprint density at radius 3 is 1.62 bits per heavy atom. The van der Waals surface area contributed by atoms with E-state index in [1.54, 1.807) is 0 Å². The molecule has 55 heavy (non-hydrogen) atoms. The highest BCUT2D eigenvalue weighted by Crippen LogP contribution is 2.22. The summed E-state index contributed by atoms with van der Waals surface area (Å²) in [6, 6.07) is 0. The quantitative estimate of drug-likeness (QED) is 0.0275. The minimum atomic E-state index is -1.60. The lowest BCUT2D eigenvalue weighted by Crippen LogP contribution is -2.59.